The summed E-state index contributed by atoms with van der Waals surface area (Å²) in [5.41, 5.74) is 0.840. The summed E-state index contributed by atoms with van der Waals surface area (Å²) >= 11 is 0. The number of nitrogens with one attached hydrogen (secondary N) is 2. The summed E-state index contributed by atoms with van der Waals surface area (Å²) in [5, 5.41) is 3.10. The first-order valence-corrected chi connectivity index (χ1v) is 11.8. The fourth-order valence-corrected chi connectivity index (χ4v) is 4.39. The first-order valence-electron chi connectivity index (χ1n) is 10.3. The minimum atomic E-state index is -3.68. The Morgan fingerprint density at radius 1 is 1.00 bits per heavy atom. The summed E-state index contributed by atoms with van der Waals surface area (Å²) in [6, 6.07) is 6.57. The van der Waals surface area contributed by atoms with Crippen LogP contribution in [0.25, 0.3) is 0 Å². The number of fused-ring (bicyclic) bond motifs is 1. The van der Waals surface area contributed by atoms with Gasteiger partial charge in [-0.15, -0.1) is 0 Å². The van der Waals surface area contributed by atoms with Crippen LogP contribution in [0.3, 0.4) is 0 Å². The number of ether oxygens (including phenoxy) is 3. The van der Waals surface area contributed by atoms with Gasteiger partial charge in [0, 0.05) is 50.4 Å². The minimum Gasteiger partial charge on any atom is -0.490 e. The third-order valence-corrected chi connectivity index (χ3v) is 6.36. The highest BCUT2D eigenvalue weighted by molar-refractivity contribution is 7.89. The average Bonchev–Trinajstić information content (AvgIpc) is 3.02. The van der Waals surface area contributed by atoms with Crippen molar-refractivity contribution in [3.8, 4) is 11.5 Å². The number of benzene rings is 1. The maximum atomic E-state index is 12.6. The van der Waals surface area contributed by atoms with Crippen LogP contribution in [0, 0.1) is 6.92 Å². The Bertz CT molecular complexity index is 1010. The van der Waals surface area contributed by atoms with E-state index in [1.54, 1.807) is 6.07 Å². The molecule has 2 aromatic rings. The Morgan fingerprint density at radius 2 is 1.77 bits per heavy atom. The van der Waals surface area contributed by atoms with Crippen molar-refractivity contribution in [3.63, 3.8) is 0 Å². The molecule has 168 valence electrons. The van der Waals surface area contributed by atoms with Gasteiger partial charge in [-0.25, -0.2) is 18.1 Å². The van der Waals surface area contributed by atoms with Crippen molar-refractivity contribution in [2.45, 2.75) is 18.2 Å². The fraction of sp³-hybridized carbons (Fsp3) is 0.500. The molecule has 10 nitrogen and oxygen atoms in total. The molecule has 31 heavy (non-hydrogen) atoms. The molecule has 1 aromatic carbocycles. The van der Waals surface area contributed by atoms with Gasteiger partial charge in [0.05, 0.1) is 31.3 Å². The number of anilines is 2. The van der Waals surface area contributed by atoms with Crippen LogP contribution in [0.4, 0.5) is 11.8 Å². The van der Waals surface area contributed by atoms with E-state index >= 15 is 0 Å². The van der Waals surface area contributed by atoms with Gasteiger partial charge in [0.25, 0.3) is 0 Å². The summed E-state index contributed by atoms with van der Waals surface area (Å²) in [4.78, 5) is 11.2. The van der Waals surface area contributed by atoms with Crippen molar-refractivity contribution in [1.82, 2.24) is 14.7 Å². The van der Waals surface area contributed by atoms with E-state index in [-0.39, 0.29) is 11.4 Å². The smallest absolute Gasteiger partial charge is 0.240 e. The molecule has 1 fully saturated rings. The zero-order valence-electron chi connectivity index (χ0n) is 17.5. The Hall–Kier alpha value is -2.63. The SMILES string of the molecule is Cc1cc(N2CCOCC2)nc(NCCNS(=O)(=O)c2ccc3c(c2)OCCCO3)n1. The summed E-state index contributed by atoms with van der Waals surface area (Å²) < 4.78 is 44.4. The van der Waals surface area contributed by atoms with Gasteiger partial charge in [-0.2, -0.15) is 4.98 Å². The van der Waals surface area contributed by atoms with Crippen LogP contribution in [0.5, 0.6) is 11.5 Å². The van der Waals surface area contributed by atoms with Crippen LogP contribution in [0.2, 0.25) is 0 Å². The van der Waals surface area contributed by atoms with Crippen molar-refractivity contribution >= 4 is 21.8 Å². The molecule has 4 rings (SSSR count). The molecule has 2 aliphatic rings. The molecule has 0 unspecified atom stereocenters. The molecule has 0 aliphatic carbocycles. The third-order valence-electron chi connectivity index (χ3n) is 4.91. The van der Waals surface area contributed by atoms with Gasteiger partial charge in [-0.1, -0.05) is 0 Å². The number of hydrogen-bond donors (Lipinski definition) is 2. The number of hydrogen-bond acceptors (Lipinski definition) is 9. The highest BCUT2D eigenvalue weighted by Gasteiger charge is 2.19. The molecule has 1 aromatic heterocycles. The standard InChI is InChI=1S/C20H27N5O5S/c1-15-13-19(25-7-11-28-12-8-25)24-20(23-15)21-5-6-22-31(26,27)16-3-4-17-18(14-16)30-10-2-9-29-17/h3-4,13-14,22H,2,5-12H2,1H3,(H,21,23,24). The largest absolute Gasteiger partial charge is 0.490 e. The molecule has 3 heterocycles. The molecule has 0 bridgehead atoms. The summed E-state index contributed by atoms with van der Waals surface area (Å²) in [7, 11) is -3.68. The Balaban J connectivity index is 1.34. The Labute approximate surface area is 182 Å². The van der Waals surface area contributed by atoms with E-state index in [2.05, 4.69) is 24.9 Å². The van der Waals surface area contributed by atoms with Crippen LogP contribution in [-0.2, 0) is 14.8 Å². The molecule has 0 radical (unpaired) electrons. The maximum Gasteiger partial charge on any atom is 0.240 e. The van der Waals surface area contributed by atoms with E-state index in [0.717, 1.165) is 31.0 Å². The summed E-state index contributed by atoms with van der Waals surface area (Å²) in [6.07, 6.45) is 0.759. The average molecular weight is 450 g/mol. The zero-order chi connectivity index (χ0) is 21.7. The number of aryl methyl sites for hydroxylation is 1. The second-order valence-electron chi connectivity index (χ2n) is 7.27. The van der Waals surface area contributed by atoms with E-state index in [1.807, 2.05) is 13.0 Å². The molecule has 11 heteroatoms. The quantitative estimate of drug-likeness (QED) is 0.601. The first-order chi connectivity index (χ1) is 15.0. The fourth-order valence-electron chi connectivity index (χ4n) is 3.34. The van der Waals surface area contributed by atoms with Gasteiger partial charge in [-0.05, 0) is 19.1 Å². The van der Waals surface area contributed by atoms with Crippen LogP contribution in [0.15, 0.2) is 29.2 Å². The molecule has 0 saturated carbocycles. The van der Waals surface area contributed by atoms with Gasteiger partial charge < -0.3 is 24.4 Å². The normalized spacial score (nSPS) is 16.6. The second-order valence-corrected chi connectivity index (χ2v) is 9.04. The predicted molar refractivity (Wildman–Crippen MR) is 116 cm³/mol. The maximum absolute atomic E-state index is 12.6. The highest BCUT2D eigenvalue weighted by atomic mass is 32.2. The van der Waals surface area contributed by atoms with Crippen molar-refractivity contribution in [1.29, 1.82) is 0 Å². The number of sulfonamides is 1. The minimum absolute atomic E-state index is 0.137. The number of aromatic nitrogens is 2. The molecule has 0 amide bonds. The summed E-state index contributed by atoms with van der Waals surface area (Å²) in [5.74, 6) is 2.32. The number of rotatable bonds is 7. The zero-order valence-corrected chi connectivity index (χ0v) is 18.3. The monoisotopic (exact) mass is 449 g/mol. The van der Waals surface area contributed by atoms with Crippen LogP contribution in [0.1, 0.15) is 12.1 Å². The first kappa shape index (κ1) is 21.6. The van der Waals surface area contributed by atoms with Crippen molar-refractivity contribution in [2.24, 2.45) is 0 Å². The molecule has 2 aliphatic heterocycles. The van der Waals surface area contributed by atoms with Crippen molar-refractivity contribution < 1.29 is 22.6 Å². The highest BCUT2D eigenvalue weighted by Crippen LogP contribution is 2.31. The lowest BCUT2D eigenvalue weighted by Gasteiger charge is -2.28. The van der Waals surface area contributed by atoms with Gasteiger partial charge in [0.15, 0.2) is 11.5 Å². The lowest BCUT2D eigenvalue weighted by molar-refractivity contribution is 0.122. The molecule has 0 spiro atoms. The molecule has 0 atom stereocenters. The predicted octanol–water partition coefficient (Wildman–Crippen LogP) is 1.17. The van der Waals surface area contributed by atoms with E-state index in [0.29, 0.717) is 50.4 Å². The van der Waals surface area contributed by atoms with Crippen molar-refractivity contribution in [2.75, 3.05) is 62.8 Å². The molecule has 2 N–H and O–H groups in total. The van der Waals surface area contributed by atoms with Crippen LogP contribution in [-0.4, -0.2) is 71.0 Å². The lowest BCUT2D eigenvalue weighted by atomic mass is 10.3. The molecule has 1 saturated heterocycles. The number of morpholine rings is 1. The van der Waals surface area contributed by atoms with Crippen LogP contribution >= 0.6 is 0 Å². The van der Waals surface area contributed by atoms with Gasteiger partial charge in [0.2, 0.25) is 16.0 Å². The topological polar surface area (TPSA) is 115 Å². The third kappa shape index (κ3) is 5.54. The van der Waals surface area contributed by atoms with E-state index in [9.17, 15) is 8.42 Å². The van der Waals surface area contributed by atoms with E-state index in [4.69, 9.17) is 14.2 Å². The summed E-state index contributed by atoms with van der Waals surface area (Å²) in [6.45, 7) is 6.39. The van der Waals surface area contributed by atoms with Crippen LogP contribution < -0.4 is 24.4 Å². The van der Waals surface area contributed by atoms with E-state index in [1.165, 1.54) is 12.1 Å². The molecular weight excluding hydrogens is 422 g/mol. The lowest BCUT2D eigenvalue weighted by Crippen LogP contribution is -2.37. The van der Waals surface area contributed by atoms with Crippen molar-refractivity contribution in [3.05, 3.63) is 30.0 Å². The van der Waals surface area contributed by atoms with E-state index < -0.39 is 10.0 Å². The molecular formula is C20H27N5O5S. The van der Waals surface area contributed by atoms with Gasteiger partial charge >= 0.3 is 0 Å². The van der Waals surface area contributed by atoms with Gasteiger partial charge in [-0.3, -0.25) is 0 Å². The number of nitrogens with zero attached hydrogens (tertiary/aromatic N) is 3. The van der Waals surface area contributed by atoms with Gasteiger partial charge in [0.1, 0.15) is 5.82 Å². The second kappa shape index (κ2) is 9.67. The Morgan fingerprint density at radius 3 is 2.58 bits per heavy atom. The Kier molecular flexibility index (Phi) is 6.73.